The van der Waals surface area contributed by atoms with Gasteiger partial charge in [-0.3, -0.25) is 4.99 Å². The van der Waals surface area contributed by atoms with E-state index in [4.69, 9.17) is 16.2 Å². The minimum absolute atomic E-state index is 0.258. The lowest BCUT2D eigenvalue weighted by Crippen LogP contribution is -2.42. The maximum Gasteiger partial charge on any atom is 0.144 e. The molecule has 1 aromatic carbocycles. The Morgan fingerprint density at radius 1 is 1.33 bits per heavy atom. The zero-order valence-electron chi connectivity index (χ0n) is 13.0. The van der Waals surface area contributed by atoms with Crippen LogP contribution in [0.3, 0.4) is 0 Å². The molecule has 1 aliphatic carbocycles. The molecule has 1 aliphatic rings. The molecule has 1 saturated carbocycles. The minimum Gasteiger partial charge on any atom is -0.492 e. The molecule has 21 heavy (non-hydrogen) atoms. The normalized spacial score (nSPS) is 22.3. The van der Waals surface area contributed by atoms with E-state index in [-0.39, 0.29) is 6.04 Å². The fourth-order valence-corrected chi connectivity index (χ4v) is 2.49. The van der Waals surface area contributed by atoms with Crippen molar-refractivity contribution < 1.29 is 9.84 Å². The van der Waals surface area contributed by atoms with E-state index in [0.29, 0.717) is 29.6 Å². The molecule has 0 aromatic heterocycles. The highest BCUT2D eigenvalue weighted by atomic mass is 16.5. The van der Waals surface area contributed by atoms with Crippen LogP contribution >= 0.6 is 0 Å². The highest BCUT2D eigenvalue weighted by Gasteiger charge is 2.38. The van der Waals surface area contributed by atoms with Crippen LogP contribution in [0.15, 0.2) is 17.1 Å². The van der Waals surface area contributed by atoms with Crippen molar-refractivity contribution in [2.45, 2.75) is 45.3 Å². The van der Waals surface area contributed by atoms with Gasteiger partial charge in [-0.15, -0.1) is 0 Å². The van der Waals surface area contributed by atoms with Gasteiger partial charge in [0, 0.05) is 23.5 Å². The number of nitrogens with two attached hydrogens (primary N) is 2. The number of hydrogen-bond donors (Lipinski definition) is 3. The largest absolute Gasteiger partial charge is 0.492 e. The highest BCUT2D eigenvalue weighted by molar-refractivity contribution is 5.89. The molecule has 5 heteroatoms. The monoisotopic (exact) mass is 291 g/mol. The number of benzene rings is 1. The summed E-state index contributed by atoms with van der Waals surface area (Å²) in [7, 11) is 0. The molecule has 116 valence electrons. The van der Waals surface area contributed by atoms with E-state index in [1.165, 1.54) is 0 Å². The van der Waals surface area contributed by atoms with Crippen molar-refractivity contribution in [1.29, 1.82) is 0 Å². The quantitative estimate of drug-likeness (QED) is 0.572. The van der Waals surface area contributed by atoms with Crippen LogP contribution in [-0.2, 0) is 0 Å². The lowest BCUT2D eigenvalue weighted by molar-refractivity contribution is -0.0254. The molecule has 1 aromatic rings. The summed E-state index contributed by atoms with van der Waals surface area (Å²) in [6.07, 6.45) is 3.59. The molecule has 0 unspecified atom stereocenters. The molecule has 2 rings (SSSR count). The van der Waals surface area contributed by atoms with E-state index in [1.54, 1.807) is 18.3 Å². The lowest BCUT2D eigenvalue weighted by atomic mass is 9.71. The molecule has 0 saturated heterocycles. The Hall–Kier alpha value is -1.75. The molecular weight excluding hydrogens is 266 g/mol. The smallest absolute Gasteiger partial charge is 0.144 e. The van der Waals surface area contributed by atoms with Gasteiger partial charge in [-0.2, -0.15) is 0 Å². The second-order valence-corrected chi connectivity index (χ2v) is 6.21. The van der Waals surface area contributed by atoms with Gasteiger partial charge in [0.15, 0.2) is 0 Å². The number of rotatable bonds is 5. The van der Waals surface area contributed by atoms with Gasteiger partial charge in [0.1, 0.15) is 5.75 Å². The second kappa shape index (κ2) is 5.93. The van der Waals surface area contributed by atoms with Gasteiger partial charge in [-0.1, -0.05) is 0 Å². The highest BCUT2D eigenvalue weighted by Crippen LogP contribution is 2.38. The third-order valence-electron chi connectivity index (χ3n) is 4.05. The van der Waals surface area contributed by atoms with Crippen molar-refractivity contribution in [3.63, 3.8) is 0 Å². The van der Waals surface area contributed by atoms with Crippen molar-refractivity contribution >= 4 is 17.6 Å². The first-order valence-corrected chi connectivity index (χ1v) is 7.38. The lowest BCUT2D eigenvalue weighted by Gasteiger charge is -2.40. The zero-order chi connectivity index (χ0) is 15.6. The van der Waals surface area contributed by atoms with Gasteiger partial charge in [0.25, 0.3) is 0 Å². The fourth-order valence-electron chi connectivity index (χ4n) is 2.49. The van der Waals surface area contributed by atoms with Gasteiger partial charge in [0.05, 0.1) is 23.9 Å². The predicted molar refractivity (Wildman–Crippen MR) is 86.8 cm³/mol. The Kier molecular flexibility index (Phi) is 4.42. The summed E-state index contributed by atoms with van der Waals surface area (Å²) >= 11 is 0. The predicted octanol–water partition coefficient (Wildman–Crippen LogP) is 2.22. The number of aliphatic hydroxyl groups is 1. The van der Waals surface area contributed by atoms with Crippen LogP contribution in [0.4, 0.5) is 11.4 Å². The summed E-state index contributed by atoms with van der Waals surface area (Å²) in [5, 5.41) is 9.90. The number of nitrogen functional groups attached to an aromatic ring is 2. The summed E-state index contributed by atoms with van der Waals surface area (Å²) in [6, 6.07) is 3.78. The number of aliphatic imine (C=N–C) groups is 1. The maximum absolute atomic E-state index is 9.90. The van der Waals surface area contributed by atoms with Crippen molar-refractivity contribution in [2.75, 3.05) is 18.1 Å². The molecule has 0 atom stereocenters. The number of ether oxygens (including phenoxy) is 1. The van der Waals surface area contributed by atoms with E-state index >= 15 is 0 Å². The molecule has 0 heterocycles. The number of anilines is 2. The molecule has 0 radical (unpaired) electrons. The van der Waals surface area contributed by atoms with Gasteiger partial charge in [-0.05, 0) is 45.6 Å². The molecule has 0 bridgehead atoms. The Labute approximate surface area is 126 Å². The Bertz CT molecular complexity index is 529. The van der Waals surface area contributed by atoms with Crippen molar-refractivity contribution in [3.05, 3.63) is 17.7 Å². The van der Waals surface area contributed by atoms with E-state index < -0.39 is 5.60 Å². The maximum atomic E-state index is 9.90. The van der Waals surface area contributed by atoms with Gasteiger partial charge < -0.3 is 21.3 Å². The van der Waals surface area contributed by atoms with Gasteiger partial charge >= 0.3 is 0 Å². The fraction of sp³-hybridized carbons (Fsp3) is 0.562. The van der Waals surface area contributed by atoms with Gasteiger partial charge in [0.2, 0.25) is 0 Å². The molecular formula is C16H25N3O2. The molecule has 0 amide bonds. The summed E-state index contributed by atoms with van der Waals surface area (Å²) in [5.74, 6) is 0.931. The van der Waals surface area contributed by atoms with E-state index in [9.17, 15) is 5.11 Å². The van der Waals surface area contributed by atoms with E-state index in [2.05, 4.69) is 4.99 Å². The van der Waals surface area contributed by atoms with Crippen LogP contribution in [0, 0.1) is 5.92 Å². The van der Waals surface area contributed by atoms with Crippen LogP contribution in [0.1, 0.15) is 39.2 Å². The number of hydrogen-bond acceptors (Lipinski definition) is 5. The average Bonchev–Trinajstić information content (AvgIpc) is 2.31. The van der Waals surface area contributed by atoms with Crippen molar-refractivity contribution in [3.8, 4) is 5.75 Å². The topological polar surface area (TPSA) is 93.9 Å². The minimum atomic E-state index is -0.616. The summed E-state index contributed by atoms with van der Waals surface area (Å²) in [4.78, 5) is 4.53. The van der Waals surface area contributed by atoms with Crippen LogP contribution in [0.2, 0.25) is 0 Å². The zero-order valence-corrected chi connectivity index (χ0v) is 13.0. The van der Waals surface area contributed by atoms with Crippen LogP contribution < -0.4 is 16.2 Å². The molecule has 5 N–H and O–H groups in total. The first kappa shape index (κ1) is 15.6. The summed E-state index contributed by atoms with van der Waals surface area (Å²) < 4.78 is 5.40. The first-order valence-electron chi connectivity index (χ1n) is 7.38. The van der Waals surface area contributed by atoms with Gasteiger partial charge in [-0.25, -0.2) is 0 Å². The number of nitrogens with zero attached hydrogens (tertiary/aromatic N) is 1. The van der Waals surface area contributed by atoms with Crippen molar-refractivity contribution in [1.82, 2.24) is 0 Å². The molecule has 0 aliphatic heterocycles. The Balaban J connectivity index is 2.01. The summed E-state index contributed by atoms with van der Waals surface area (Å²) in [6.45, 7) is 6.16. The Morgan fingerprint density at radius 3 is 2.57 bits per heavy atom. The Morgan fingerprint density at radius 2 is 2.00 bits per heavy atom. The average molecular weight is 291 g/mol. The van der Waals surface area contributed by atoms with Crippen LogP contribution in [-0.4, -0.2) is 29.6 Å². The summed E-state index contributed by atoms with van der Waals surface area (Å²) in [5.41, 5.74) is 13.3. The molecule has 0 spiro atoms. The third kappa shape index (κ3) is 3.67. The van der Waals surface area contributed by atoms with Crippen LogP contribution in [0.25, 0.3) is 0 Å². The standard InChI is InChI=1S/C16H25N3O2/c1-4-21-15-8-13(17)10(5-14(15)18)9-19-12-6-11(7-12)16(2,3)20/h5,8-9,11-12,20H,4,6-7,17-18H2,1-3H3. The SMILES string of the molecule is CCOc1cc(N)c(C=NC2CC(C(C)(C)O)C2)cc1N. The van der Waals surface area contributed by atoms with E-state index in [1.807, 2.05) is 20.8 Å². The molecule has 1 fully saturated rings. The van der Waals surface area contributed by atoms with Crippen LogP contribution in [0.5, 0.6) is 5.75 Å². The molecule has 5 nitrogen and oxygen atoms in total. The van der Waals surface area contributed by atoms with Crippen molar-refractivity contribution in [2.24, 2.45) is 10.9 Å². The first-order chi connectivity index (χ1) is 9.81. The third-order valence-corrected chi connectivity index (χ3v) is 4.05. The van der Waals surface area contributed by atoms with E-state index in [0.717, 1.165) is 18.4 Å². The second-order valence-electron chi connectivity index (χ2n) is 6.21.